The molecule has 0 aliphatic heterocycles. The van der Waals surface area contributed by atoms with Crippen molar-refractivity contribution in [1.29, 1.82) is 5.26 Å². The van der Waals surface area contributed by atoms with E-state index in [1.165, 1.54) is 14.2 Å². The van der Waals surface area contributed by atoms with Gasteiger partial charge in [0, 0.05) is 13.2 Å². The van der Waals surface area contributed by atoms with Gasteiger partial charge >= 0.3 is 0 Å². The molecule has 0 saturated carbocycles. The van der Waals surface area contributed by atoms with Crippen LogP contribution in [0.2, 0.25) is 0 Å². The third-order valence-corrected chi connectivity index (χ3v) is 2.08. The summed E-state index contributed by atoms with van der Waals surface area (Å²) in [5, 5.41) is 18.2. The molecule has 1 rings (SSSR count). The Morgan fingerprint density at radius 1 is 1.29 bits per heavy atom. The van der Waals surface area contributed by atoms with Gasteiger partial charge < -0.3 is 19.3 Å². The molecule has 0 amide bonds. The number of benzene rings is 1. The fourth-order valence-corrected chi connectivity index (χ4v) is 1.28. The van der Waals surface area contributed by atoms with E-state index in [0.29, 0.717) is 17.1 Å². The lowest BCUT2D eigenvalue weighted by atomic mass is 10.2. The van der Waals surface area contributed by atoms with E-state index in [0.717, 1.165) is 0 Å². The van der Waals surface area contributed by atoms with Crippen LogP contribution in [0.3, 0.4) is 0 Å². The minimum atomic E-state index is -0.694. The van der Waals surface area contributed by atoms with Crippen LogP contribution in [0.15, 0.2) is 18.2 Å². The van der Waals surface area contributed by atoms with Crippen LogP contribution in [-0.4, -0.2) is 38.6 Å². The molecule has 0 heterocycles. The highest BCUT2D eigenvalue weighted by Crippen LogP contribution is 2.27. The molecule has 0 aliphatic rings. The second kappa shape index (κ2) is 6.74. The van der Waals surface area contributed by atoms with Crippen LogP contribution in [0.5, 0.6) is 11.5 Å². The van der Waals surface area contributed by atoms with Gasteiger partial charge in [-0.1, -0.05) is 0 Å². The Morgan fingerprint density at radius 2 is 2.06 bits per heavy atom. The summed E-state index contributed by atoms with van der Waals surface area (Å²) < 4.78 is 15.2. The summed E-state index contributed by atoms with van der Waals surface area (Å²) in [7, 11) is 3.00. The zero-order chi connectivity index (χ0) is 12.7. The van der Waals surface area contributed by atoms with Crippen molar-refractivity contribution < 1.29 is 19.3 Å². The number of hydrogen-bond acceptors (Lipinski definition) is 5. The molecule has 1 aromatic carbocycles. The van der Waals surface area contributed by atoms with Crippen molar-refractivity contribution in [3.05, 3.63) is 23.8 Å². The van der Waals surface area contributed by atoms with Gasteiger partial charge in [0.25, 0.3) is 0 Å². The summed E-state index contributed by atoms with van der Waals surface area (Å²) in [5.41, 5.74) is 0.492. The Bertz CT molecular complexity index is 400. The van der Waals surface area contributed by atoms with E-state index in [-0.39, 0.29) is 13.2 Å². The van der Waals surface area contributed by atoms with Crippen molar-refractivity contribution in [2.45, 2.75) is 6.10 Å². The average Bonchev–Trinajstić information content (AvgIpc) is 2.36. The molecule has 5 heteroatoms. The summed E-state index contributed by atoms with van der Waals surface area (Å²) in [6.45, 7) is 0.314. The lowest BCUT2D eigenvalue weighted by Gasteiger charge is -2.13. The Morgan fingerprint density at radius 3 is 2.65 bits per heavy atom. The summed E-state index contributed by atoms with van der Waals surface area (Å²) >= 11 is 0. The Balaban J connectivity index is 2.68. The van der Waals surface area contributed by atoms with Gasteiger partial charge in [-0.2, -0.15) is 5.26 Å². The largest absolute Gasteiger partial charge is 0.493 e. The summed E-state index contributed by atoms with van der Waals surface area (Å²) in [6.07, 6.45) is -0.694. The molecule has 92 valence electrons. The lowest BCUT2D eigenvalue weighted by molar-refractivity contribution is 0.0319. The van der Waals surface area contributed by atoms with Gasteiger partial charge in [0.15, 0.2) is 11.5 Å². The Labute approximate surface area is 100 Å². The highest BCUT2D eigenvalue weighted by Gasteiger charge is 2.09. The first-order valence-electron chi connectivity index (χ1n) is 5.09. The fourth-order valence-electron chi connectivity index (χ4n) is 1.28. The second-order valence-electron chi connectivity index (χ2n) is 3.40. The maximum Gasteiger partial charge on any atom is 0.162 e. The average molecular weight is 237 g/mol. The molecule has 17 heavy (non-hydrogen) atoms. The first-order valence-corrected chi connectivity index (χ1v) is 5.09. The maximum absolute atomic E-state index is 9.43. The van der Waals surface area contributed by atoms with Crippen molar-refractivity contribution in [3.63, 3.8) is 0 Å². The van der Waals surface area contributed by atoms with E-state index < -0.39 is 6.10 Å². The van der Waals surface area contributed by atoms with Crippen LogP contribution in [0.25, 0.3) is 0 Å². The lowest BCUT2D eigenvalue weighted by Crippen LogP contribution is -2.22. The minimum Gasteiger partial charge on any atom is -0.493 e. The van der Waals surface area contributed by atoms with Crippen molar-refractivity contribution in [2.75, 3.05) is 27.4 Å². The molecule has 1 N–H and O–H groups in total. The highest BCUT2D eigenvalue weighted by atomic mass is 16.5. The zero-order valence-electron chi connectivity index (χ0n) is 9.84. The van der Waals surface area contributed by atoms with Gasteiger partial charge in [0.05, 0.1) is 25.3 Å². The number of hydrogen-bond donors (Lipinski definition) is 1. The van der Waals surface area contributed by atoms with Gasteiger partial charge in [-0.25, -0.2) is 0 Å². The monoisotopic (exact) mass is 237 g/mol. The van der Waals surface area contributed by atoms with Gasteiger partial charge in [0.2, 0.25) is 0 Å². The molecule has 0 radical (unpaired) electrons. The highest BCUT2D eigenvalue weighted by molar-refractivity contribution is 5.46. The predicted octanol–water partition coefficient (Wildman–Crippen LogP) is 0.953. The van der Waals surface area contributed by atoms with Crippen molar-refractivity contribution in [1.82, 2.24) is 0 Å². The van der Waals surface area contributed by atoms with Crippen LogP contribution in [0.1, 0.15) is 5.56 Å². The quantitative estimate of drug-likeness (QED) is 0.797. The van der Waals surface area contributed by atoms with Crippen LogP contribution in [-0.2, 0) is 4.74 Å². The number of aliphatic hydroxyl groups is 1. The normalized spacial score (nSPS) is 11.6. The topological polar surface area (TPSA) is 71.7 Å². The number of aliphatic hydroxyl groups excluding tert-OH is 1. The van der Waals surface area contributed by atoms with Crippen LogP contribution < -0.4 is 9.47 Å². The molecule has 0 aromatic heterocycles. The van der Waals surface area contributed by atoms with E-state index in [1.807, 2.05) is 6.07 Å². The van der Waals surface area contributed by atoms with Crippen molar-refractivity contribution in [2.24, 2.45) is 0 Å². The Kier molecular flexibility index (Phi) is 5.27. The van der Waals surface area contributed by atoms with E-state index in [4.69, 9.17) is 19.5 Å². The standard InChI is InChI=1S/C12H15NO4/c1-15-7-10(14)8-17-11-4-3-9(6-13)5-12(11)16-2/h3-5,10,14H,7-8H2,1-2H3. The SMILES string of the molecule is COCC(O)COc1ccc(C#N)cc1OC. The van der Waals surface area contributed by atoms with Crippen LogP contribution >= 0.6 is 0 Å². The third kappa shape index (κ3) is 3.94. The second-order valence-corrected chi connectivity index (χ2v) is 3.40. The molecule has 1 atom stereocenters. The van der Waals surface area contributed by atoms with Crippen molar-refractivity contribution in [3.8, 4) is 17.6 Å². The fraction of sp³-hybridized carbons (Fsp3) is 0.417. The van der Waals surface area contributed by atoms with E-state index in [9.17, 15) is 5.11 Å². The maximum atomic E-state index is 9.43. The first kappa shape index (κ1) is 13.3. The molecular weight excluding hydrogens is 222 g/mol. The number of methoxy groups -OCH3 is 2. The Hall–Kier alpha value is -1.77. The predicted molar refractivity (Wildman–Crippen MR) is 61.1 cm³/mol. The summed E-state index contributed by atoms with van der Waals surface area (Å²) in [6, 6.07) is 6.85. The van der Waals surface area contributed by atoms with E-state index in [2.05, 4.69) is 0 Å². The van der Waals surface area contributed by atoms with Gasteiger partial charge in [0.1, 0.15) is 12.7 Å². The van der Waals surface area contributed by atoms with Gasteiger partial charge in [-0.05, 0) is 12.1 Å². The summed E-state index contributed by atoms with van der Waals surface area (Å²) in [4.78, 5) is 0. The third-order valence-electron chi connectivity index (χ3n) is 2.08. The molecule has 1 aromatic rings. The molecule has 0 bridgehead atoms. The van der Waals surface area contributed by atoms with E-state index in [1.54, 1.807) is 18.2 Å². The van der Waals surface area contributed by atoms with E-state index >= 15 is 0 Å². The number of nitrogens with zero attached hydrogens (tertiary/aromatic N) is 1. The number of rotatable bonds is 6. The zero-order valence-corrected chi connectivity index (χ0v) is 9.84. The molecule has 1 unspecified atom stereocenters. The van der Waals surface area contributed by atoms with Gasteiger partial charge in [-0.3, -0.25) is 0 Å². The number of nitriles is 1. The van der Waals surface area contributed by atoms with Gasteiger partial charge in [-0.15, -0.1) is 0 Å². The molecule has 0 spiro atoms. The van der Waals surface area contributed by atoms with Crippen LogP contribution in [0, 0.1) is 11.3 Å². The first-order chi connectivity index (χ1) is 8.21. The summed E-state index contributed by atoms with van der Waals surface area (Å²) in [5.74, 6) is 0.954. The van der Waals surface area contributed by atoms with Crippen molar-refractivity contribution >= 4 is 0 Å². The molecule has 0 fully saturated rings. The number of ether oxygens (including phenoxy) is 3. The molecule has 5 nitrogen and oxygen atoms in total. The minimum absolute atomic E-state index is 0.107. The molecular formula is C12H15NO4. The smallest absolute Gasteiger partial charge is 0.162 e. The molecule has 0 aliphatic carbocycles. The van der Waals surface area contributed by atoms with Crippen LogP contribution in [0.4, 0.5) is 0 Å². The molecule has 0 saturated heterocycles.